The lowest BCUT2D eigenvalue weighted by atomic mass is 10.1. The molecule has 1 aliphatic rings. The fourth-order valence-electron chi connectivity index (χ4n) is 3.39. The van der Waals surface area contributed by atoms with Gasteiger partial charge in [-0.3, -0.25) is 29.4 Å². The van der Waals surface area contributed by atoms with E-state index in [-0.39, 0.29) is 16.2 Å². The molecule has 0 aliphatic carbocycles. The molecule has 0 atom stereocenters. The van der Waals surface area contributed by atoms with E-state index < -0.39 is 28.5 Å². The molecule has 0 radical (unpaired) electrons. The van der Waals surface area contributed by atoms with Gasteiger partial charge in [0.25, 0.3) is 16.8 Å². The summed E-state index contributed by atoms with van der Waals surface area (Å²) in [6, 6.07) is 16.9. The molecule has 9 nitrogen and oxygen atoms in total. The number of carbonyl (C=O) groups is 3. The first-order chi connectivity index (χ1) is 15.9. The third-order valence-electron chi connectivity index (χ3n) is 4.95. The first-order valence-electron chi connectivity index (χ1n) is 9.73. The minimum atomic E-state index is -0.661. The van der Waals surface area contributed by atoms with Gasteiger partial charge in [0, 0.05) is 28.8 Å². The largest absolute Gasteiger partial charge is 0.496 e. The number of amides is 3. The van der Waals surface area contributed by atoms with Gasteiger partial charge in [-0.1, -0.05) is 36.4 Å². The van der Waals surface area contributed by atoms with Crippen LogP contribution in [0.1, 0.15) is 5.56 Å². The summed E-state index contributed by atoms with van der Waals surface area (Å²) >= 11 is 0.654. The highest BCUT2D eigenvalue weighted by Gasteiger charge is 2.36. The van der Waals surface area contributed by atoms with Crippen molar-refractivity contribution >= 4 is 57.0 Å². The molecule has 1 fully saturated rings. The van der Waals surface area contributed by atoms with E-state index in [9.17, 15) is 24.5 Å². The summed E-state index contributed by atoms with van der Waals surface area (Å²) in [5.41, 5.74) is 0.662. The van der Waals surface area contributed by atoms with Crippen molar-refractivity contribution < 1.29 is 24.0 Å². The van der Waals surface area contributed by atoms with Gasteiger partial charge < -0.3 is 10.1 Å². The first-order valence-corrected chi connectivity index (χ1v) is 10.5. The van der Waals surface area contributed by atoms with Crippen molar-refractivity contribution in [2.24, 2.45) is 0 Å². The average Bonchev–Trinajstić information content (AvgIpc) is 3.06. The van der Waals surface area contributed by atoms with Gasteiger partial charge in [-0.25, -0.2) is 0 Å². The summed E-state index contributed by atoms with van der Waals surface area (Å²) in [5, 5.41) is 15.0. The van der Waals surface area contributed by atoms with Crippen LogP contribution in [0.2, 0.25) is 0 Å². The minimum absolute atomic E-state index is 0.0387. The van der Waals surface area contributed by atoms with Gasteiger partial charge in [0.2, 0.25) is 5.91 Å². The lowest BCUT2D eigenvalue weighted by Gasteiger charge is -2.13. The van der Waals surface area contributed by atoms with Crippen LogP contribution in [0, 0.1) is 10.1 Å². The SMILES string of the molecule is COc1ccc([N+](=O)[O-])cc1/C=C1/SC(=O)N(CC(=O)Nc2cccc3ccccc23)C1=O. The van der Waals surface area contributed by atoms with Crippen LogP contribution in [-0.4, -0.2) is 40.5 Å². The van der Waals surface area contributed by atoms with E-state index in [2.05, 4.69) is 5.32 Å². The number of nitro benzene ring substituents is 1. The maximum absolute atomic E-state index is 12.8. The number of nitrogens with one attached hydrogen (secondary N) is 1. The highest BCUT2D eigenvalue weighted by atomic mass is 32.2. The fourth-order valence-corrected chi connectivity index (χ4v) is 4.22. The molecule has 10 heteroatoms. The van der Waals surface area contributed by atoms with E-state index >= 15 is 0 Å². The molecule has 1 aliphatic heterocycles. The Morgan fingerprint density at radius 2 is 1.91 bits per heavy atom. The standard InChI is InChI=1S/C23H17N3O6S/c1-32-19-10-9-16(26(30)31)11-15(19)12-20-22(28)25(23(29)33-20)13-21(27)24-18-8-4-6-14-5-2-3-7-17(14)18/h2-12H,13H2,1H3,(H,24,27)/b20-12+. The van der Waals surface area contributed by atoms with E-state index in [4.69, 9.17) is 4.74 Å². The first kappa shape index (κ1) is 22.0. The molecular formula is C23H17N3O6S. The van der Waals surface area contributed by atoms with Crippen molar-refractivity contribution in [1.82, 2.24) is 4.90 Å². The Morgan fingerprint density at radius 1 is 1.15 bits per heavy atom. The maximum Gasteiger partial charge on any atom is 0.294 e. The molecule has 0 saturated carbocycles. The van der Waals surface area contributed by atoms with Crippen LogP contribution >= 0.6 is 11.8 Å². The third kappa shape index (κ3) is 4.55. The number of carbonyl (C=O) groups excluding carboxylic acids is 3. The Kier molecular flexibility index (Phi) is 6.09. The number of nitro groups is 1. The topological polar surface area (TPSA) is 119 Å². The Bertz CT molecular complexity index is 1330. The molecule has 33 heavy (non-hydrogen) atoms. The van der Waals surface area contributed by atoms with Crippen molar-refractivity contribution in [3.63, 3.8) is 0 Å². The summed E-state index contributed by atoms with van der Waals surface area (Å²) in [6.07, 6.45) is 1.35. The number of methoxy groups -OCH3 is 1. The Labute approximate surface area is 192 Å². The number of benzene rings is 3. The van der Waals surface area contributed by atoms with Crippen LogP contribution in [0.25, 0.3) is 16.8 Å². The number of anilines is 1. The zero-order chi connectivity index (χ0) is 23.5. The molecule has 4 rings (SSSR count). The second kappa shape index (κ2) is 9.13. The number of hydrogen-bond donors (Lipinski definition) is 1. The van der Waals surface area contributed by atoms with Crippen molar-refractivity contribution in [2.45, 2.75) is 0 Å². The maximum atomic E-state index is 12.8. The highest BCUT2D eigenvalue weighted by molar-refractivity contribution is 8.18. The quantitative estimate of drug-likeness (QED) is 0.326. The number of fused-ring (bicyclic) bond motifs is 1. The molecule has 1 heterocycles. The van der Waals surface area contributed by atoms with E-state index in [1.54, 1.807) is 12.1 Å². The predicted molar refractivity (Wildman–Crippen MR) is 125 cm³/mol. The molecule has 1 N–H and O–H groups in total. The molecule has 1 saturated heterocycles. The number of nitrogens with zero attached hydrogens (tertiary/aromatic N) is 2. The predicted octanol–water partition coefficient (Wildman–Crippen LogP) is 4.43. The van der Waals surface area contributed by atoms with Crippen LogP contribution in [0.4, 0.5) is 16.2 Å². The summed E-state index contributed by atoms with van der Waals surface area (Å²) in [6.45, 7) is -0.461. The normalized spacial score (nSPS) is 14.7. The number of ether oxygens (including phenoxy) is 1. The molecular weight excluding hydrogens is 446 g/mol. The average molecular weight is 463 g/mol. The van der Waals surface area contributed by atoms with Crippen molar-refractivity contribution in [3.8, 4) is 5.75 Å². The lowest BCUT2D eigenvalue weighted by Crippen LogP contribution is -2.36. The third-order valence-corrected chi connectivity index (χ3v) is 5.86. The van der Waals surface area contributed by atoms with E-state index in [0.29, 0.717) is 23.2 Å². The summed E-state index contributed by atoms with van der Waals surface area (Å²) in [5.74, 6) is -0.879. The zero-order valence-corrected chi connectivity index (χ0v) is 18.1. The Balaban J connectivity index is 1.53. The highest BCUT2D eigenvalue weighted by Crippen LogP contribution is 2.35. The van der Waals surface area contributed by atoms with Gasteiger partial charge in [0.1, 0.15) is 12.3 Å². The number of hydrogen-bond acceptors (Lipinski definition) is 7. The Hall–Kier alpha value is -4.18. The molecule has 0 spiro atoms. The van der Waals surface area contributed by atoms with Crippen LogP contribution in [0.15, 0.2) is 65.6 Å². The molecule has 3 aromatic carbocycles. The summed E-state index contributed by atoms with van der Waals surface area (Å²) in [7, 11) is 1.39. The fraction of sp³-hybridized carbons (Fsp3) is 0.0870. The van der Waals surface area contributed by atoms with Crippen molar-refractivity contribution in [1.29, 1.82) is 0 Å². The smallest absolute Gasteiger partial charge is 0.294 e. The van der Waals surface area contributed by atoms with E-state index in [1.165, 1.54) is 31.4 Å². The van der Waals surface area contributed by atoms with Gasteiger partial charge in [-0.2, -0.15) is 0 Å². The summed E-state index contributed by atoms with van der Waals surface area (Å²) in [4.78, 5) is 49.2. The second-order valence-corrected chi connectivity index (χ2v) is 8.02. The van der Waals surface area contributed by atoms with Crippen LogP contribution < -0.4 is 10.1 Å². The molecule has 3 aromatic rings. The van der Waals surface area contributed by atoms with Crippen LogP contribution in [0.3, 0.4) is 0 Å². The van der Waals surface area contributed by atoms with Crippen molar-refractivity contribution in [2.75, 3.05) is 19.0 Å². The number of rotatable bonds is 6. The van der Waals surface area contributed by atoms with Crippen LogP contribution in [-0.2, 0) is 9.59 Å². The Morgan fingerprint density at radius 3 is 2.67 bits per heavy atom. The molecule has 0 aromatic heterocycles. The molecule has 166 valence electrons. The number of thioether (sulfide) groups is 1. The minimum Gasteiger partial charge on any atom is -0.496 e. The zero-order valence-electron chi connectivity index (χ0n) is 17.3. The second-order valence-electron chi connectivity index (χ2n) is 7.03. The molecule has 0 bridgehead atoms. The van der Waals surface area contributed by atoms with Gasteiger partial charge in [-0.15, -0.1) is 0 Å². The number of non-ortho nitro benzene ring substituents is 1. The van der Waals surface area contributed by atoms with Gasteiger partial charge >= 0.3 is 0 Å². The lowest BCUT2D eigenvalue weighted by molar-refractivity contribution is -0.384. The van der Waals surface area contributed by atoms with E-state index in [1.807, 2.05) is 30.3 Å². The van der Waals surface area contributed by atoms with Gasteiger partial charge in [0.05, 0.1) is 16.9 Å². The molecule has 3 amide bonds. The van der Waals surface area contributed by atoms with Crippen molar-refractivity contribution in [3.05, 3.63) is 81.2 Å². The molecule has 0 unspecified atom stereocenters. The van der Waals surface area contributed by atoms with Gasteiger partial charge in [0.15, 0.2) is 0 Å². The van der Waals surface area contributed by atoms with Crippen LogP contribution in [0.5, 0.6) is 5.75 Å². The summed E-state index contributed by atoms with van der Waals surface area (Å²) < 4.78 is 5.19. The number of imide groups is 1. The van der Waals surface area contributed by atoms with Gasteiger partial charge in [-0.05, 0) is 35.4 Å². The monoisotopic (exact) mass is 463 g/mol. The van der Waals surface area contributed by atoms with E-state index in [0.717, 1.165) is 15.7 Å².